The maximum absolute atomic E-state index is 13.2. The molecule has 182 valence electrons. The van der Waals surface area contributed by atoms with Gasteiger partial charge in [0.05, 0.1) is 11.5 Å². The molecule has 5 rings (SSSR count). The lowest BCUT2D eigenvalue weighted by Crippen LogP contribution is -2.36. The summed E-state index contributed by atoms with van der Waals surface area (Å²) in [5, 5.41) is 17.5. The van der Waals surface area contributed by atoms with Gasteiger partial charge in [0, 0.05) is 30.0 Å². The Kier molecular flexibility index (Phi) is 7.21. The number of anilines is 1. The zero-order valence-electron chi connectivity index (χ0n) is 19.6. The third-order valence-corrected chi connectivity index (χ3v) is 8.05. The van der Waals surface area contributed by atoms with Crippen molar-refractivity contribution in [2.24, 2.45) is 0 Å². The third kappa shape index (κ3) is 5.44. The van der Waals surface area contributed by atoms with Crippen molar-refractivity contribution in [1.29, 1.82) is 5.26 Å². The number of piperidine rings is 1. The number of carbonyl (C=O) groups excluding carboxylic acids is 1. The molecule has 2 aliphatic rings. The number of hydrogen-bond donors (Lipinski definition) is 1. The number of hydrogen-bond acceptors (Lipinski definition) is 7. The summed E-state index contributed by atoms with van der Waals surface area (Å²) in [4.78, 5) is 20.8. The molecule has 0 radical (unpaired) electrons. The summed E-state index contributed by atoms with van der Waals surface area (Å²) >= 11 is 1.57. The van der Waals surface area contributed by atoms with E-state index in [1.807, 2.05) is 0 Å². The Bertz CT molecular complexity index is 1230. The van der Waals surface area contributed by atoms with E-state index in [0.717, 1.165) is 57.2 Å². The van der Waals surface area contributed by atoms with E-state index >= 15 is 0 Å². The maximum atomic E-state index is 13.2. The molecule has 1 N–H and O–H groups in total. The number of fused-ring (bicyclic) bond motifs is 1. The molecule has 9 heteroatoms. The van der Waals surface area contributed by atoms with Crippen molar-refractivity contribution < 1.29 is 13.7 Å². The molecule has 1 aromatic carbocycles. The SMILES string of the molecule is N#Cc1c(NC(=O)CCN2CCCC(c3nc(-c4ccc(F)cc4)no3)C2)sc2c1CCCCC2. The molecular formula is C26H28FN5O2S. The number of nitriles is 1. The first-order valence-corrected chi connectivity index (χ1v) is 13.1. The van der Waals surface area contributed by atoms with Gasteiger partial charge < -0.3 is 14.7 Å². The lowest BCUT2D eigenvalue weighted by atomic mass is 9.98. The predicted molar refractivity (Wildman–Crippen MR) is 132 cm³/mol. The summed E-state index contributed by atoms with van der Waals surface area (Å²) in [6, 6.07) is 8.36. The highest BCUT2D eigenvalue weighted by atomic mass is 32.1. The third-order valence-electron chi connectivity index (χ3n) is 6.84. The second kappa shape index (κ2) is 10.7. The van der Waals surface area contributed by atoms with Crippen molar-refractivity contribution in [3.05, 3.63) is 52.0 Å². The van der Waals surface area contributed by atoms with Gasteiger partial charge in [-0.25, -0.2) is 4.39 Å². The number of aromatic nitrogens is 2. The second-order valence-corrected chi connectivity index (χ2v) is 10.4. The van der Waals surface area contributed by atoms with Crippen LogP contribution < -0.4 is 5.32 Å². The fourth-order valence-corrected chi connectivity index (χ4v) is 6.23. The van der Waals surface area contributed by atoms with E-state index in [2.05, 4.69) is 26.4 Å². The zero-order chi connectivity index (χ0) is 24.2. The van der Waals surface area contributed by atoms with E-state index in [1.165, 1.54) is 23.4 Å². The summed E-state index contributed by atoms with van der Waals surface area (Å²) in [6.45, 7) is 2.29. The Labute approximate surface area is 207 Å². The number of amides is 1. The van der Waals surface area contributed by atoms with Crippen molar-refractivity contribution >= 4 is 22.2 Å². The number of carbonyl (C=O) groups is 1. The summed E-state index contributed by atoms with van der Waals surface area (Å²) in [5.41, 5.74) is 2.52. The Balaban J connectivity index is 1.17. The number of nitrogens with one attached hydrogen (secondary N) is 1. The summed E-state index contributed by atoms with van der Waals surface area (Å²) in [6.07, 6.45) is 7.67. The van der Waals surface area contributed by atoms with Crippen molar-refractivity contribution in [1.82, 2.24) is 15.0 Å². The maximum Gasteiger partial charge on any atom is 0.231 e. The number of halogens is 1. The lowest BCUT2D eigenvalue weighted by Gasteiger charge is -2.30. The molecule has 7 nitrogen and oxygen atoms in total. The number of thiophene rings is 1. The van der Waals surface area contributed by atoms with Crippen LogP contribution in [0.3, 0.4) is 0 Å². The number of nitrogens with zero attached hydrogens (tertiary/aromatic N) is 4. The Hall–Kier alpha value is -3.09. The number of likely N-dealkylation sites (tertiary alicyclic amines) is 1. The largest absolute Gasteiger partial charge is 0.339 e. The molecule has 0 spiro atoms. The standard InChI is InChI=1S/C26H28FN5O2S/c27-19-10-8-17(9-11-19)24-30-25(34-31-24)18-5-4-13-32(16-18)14-12-23(33)29-26-21(15-28)20-6-2-1-3-7-22(20)35-26/h8-11,18H,1-7,12-14,16H2,(H,29,33). The van der Waals surface area contributed by atoms with E-state index in [4.69, 9.17) is 4.52 Å². The van der Waals surface area contributed by atoms with Crippen LogP contribution >= 0.6 is 11.3 Å². The molecule has 2 aromatic heterocycles. The molecule has 1 fully saturated rings. The first kappa shape index (κ1) is 23.6. The normalized spacial score (nSPS) is 18.5. The van der Waals surface area contributed by atoms with Gasteiger partial charge in [0.1, 0.15) is 16.9 Å². The van der Waals surface area contributed by atoms with Crippen molar-refractivity contribution in [2.45, 2.75) is 57.3 Å². The van der Waals surface area contributed by atoms with Gasteiger partial charge >= 0.3 is 0 Å². The van der Waals surface area contributed by atoms with Gasteiger partial charge in [-0.05, 0) is 74.9 Å². The molecule has 1 aliphatic heterocycles. The quantitative estimate of drug-likeness (QED) is 0.469. The Morgan fingerprint density at radius 1 is 1.23 bits per heavy atom. The molecule has 1 saturated heterocycles. The summed E-state index contributed by atoms with van der Waals surface area (Å²) in [5.74, 6) is 0.779. The Morgan fingerprint density at radius 2 is 2.06 bits per heavy atom. The van der Waals surface area contributed by atoms with Crippen molar-refractivity contribution in [3.8, 4) is 17.5 Å². The topological polar surface area (TPSA) is 95.1 Å². The molecule has 1 atom stereocenters. The van der Waals surface area contributed by atoms with Gasteiger partial charge in [-0.1, -0.05) is 11.6 Å². The molecule has 1 amide bonds. The van der Waals surface area contributed by atoms with Crippen LogP contribution in [0.5, 0.6) is 0 Å². The minimum absolute atomic E-state index is 0.0589. The summed E-state index contributed by atoms with van der Waals surface area (Å²) < 4.78 is 18.7. The molecular weight excluding hydrogens is 465 g/mol. The second-order valence-electron chi connectivity index (χ2n) is 9.28. The highest BCUT2D eigenvalue weighted by Crippen LogP contribution is 2.37. The minimum atomic E-state index is -0.303. The predicted octanol–water partition coefficient (Wildman–Crippen LogP) is 5.29. The molecule has 0 saturated carbocycles. The van der Waals surface area contributed by atoms with Crippen LogP contribution in [-0.2, 0) is 17.6 Å². The van der Waals surface area contributed by atoms with Gasteiger partial charge in [-0.3, -0.25) is 4.79 Å². The molecule has 1 unspecified atom stereocenters. The average Bonchev–Trinajstić information content (AvgIpc) is 3.42. The lowest BCUT2D eigenvalue weighted by molar-refractivity contribution is -0.116. The minimum Gasteiger partial charge on any atom is -0.339 e. The van der Waals surface area contributed by atoms with E-state index in [9.17, 15) is 14.4 Å². The first-order valence-electron chi connectivity index (χ1n) is 12.3. The van der Waals surface area contributed by atoms with Gasteiger partial charge in [0.25, 0.3) is 0 Å². The van der Waals surface area contributed by atoms with Crippen LogP contribution in [0.4, 0.5) is 9.39 Å². The van der Waals surface area contributed by atoms with Crippen LogP contribution in [0.2, 0.25) is 0 Å². The van der Waals surface area contributed by atoms with Crippen LogP contribution in [0.25, 0.3) is 11.4 Å². The van der Waals surface area contributed by atoms with E-state index in [-0.39, 0.29) is 17.6 Å². The fourth-order valence-electron chi connectivity index (χ4n) is 4.98. The molecule has 3 aromatic rings. The molecule has 0 bridgehead atoms. The van der Waals surface area contributed by atoms with Gasteiger partial charge in [-0.2, -0.15) is 10.2 Å². The molecule has 3 heterocycles. The summed E-state index contributed by atoms with van der Waals surface area (Å²) in [7, 11) is 0. The van der Waals surface area contributed by atoms with Crippen molar-refractivity contribution in [2.75, 3.05) is 25.0 Å². The van der Waals surface area contributed by atoms with E-state index < -0.39 is 0 Å². The Morgan fingerprint density at radius 3 is 2.89 bits per heavy atom. The van der Waals surface area contributed by atoms with Crippen LogP contribution in [0, 0.1) is 17.1 Å². The smallest absolute Gasteiger partial charge is 0.231 e. The highest BCUT2D eigenvalue weighted by Gasteiger charge is 2.27. The molecule has 1 aliphatic carbocycles. The number of benzene rings is 1. The monoisotopic (exact) mass is 493 g/mol. The molecule has 35 heavy (non-hydrogen) atoms. The van der Waals surface area contributed by atoms with Gasteiger partial charge in [-0.15, -0.1) is 11.3 Å². The number of aryl methyl sites for hydroxylation is 1. The van der Waals surface area contributed by atoms with Crippen LogP contribution in [-0.4, -0.2) is 40.6 Å². The van der Waals surface area contributed by atoms with E-state index in [1.54, 1.807) is 23.5 Å². The zero-order valence-corrected chi connectivity index (χ0v) is 20.4. The van der Waals surface area contributed by atoms with E-state index in [0.29, 0.717) is 40.8 Å². The van der Waals surface area contributed by atoms with Crippen LogP contribution in [0.15, 0.2) is 28.8 Å². The van der Waals surface area contributed by atoms with Gasteiger partial charge in [0.15, 0.2) is 0 Å². The van der Waals surface area contributed by atoms with Crippen molar-refractivity contribution in [3.63, 3.8) is 0 Å². The first-order chi connectivity index (χ1) is 17.1. The van der Waals surface area contributed by atoms with Gasteiger partial charge in [0.2, 0.25) is 17.6 Å². The average molecular weight is 494 g/mol. The number of rotatable bonds is 6. The highest BCUT2D eigenvalue weighted by molar-refractivity contribution is 7.16. The van der Waals surface area contributed by atoms with Crippen LogP contribution in [0.1, 0.15) is 66.3 Å². The fraction of sp³-hybridized carbons (Fsp3) is 0.462.